The lowest BCUT2D eigenvalue weighted by Crippen LogP contribution is -2.05. The fraction of sp³-hybridized carbons (Fsp3) is 0.417. The number of aryl methyl sites for hydroxylation is 2. The molecule has 0 fully saturated rings. The van der Waals surface area contributed by atoms with Gasteiger partial charge in [-0.25, -0.2) is 4.98 Å². The van der Waals surface area contributed by atoms with E-state index in [1.54, 1.807) is 0 Å². The summed E-state index contributed by atoms with van der Waals surface area (Å²) in [5, 5.41) is 0. The molecule has 2 N–H and O–H groups in total. The smallest absolute Gasteiger partial charge is 0.113 e. The van der Waals surface area contributed by atoms with E-state index >= 15 is 0 Å². The van der Waals surface area contributed by atoms with Gasteiger partial charge in [-0.05, 0) is 26.0 Å². The molecule has 0 amide bonds. The van der Waals surface area contributed by atoms with E-state index in [1.807, 2.05) is 6.92 Å². The topological polar surface area (TPSA) is 43.3 Å². The van der Waals surface area contributed by atoms with Gasteiger partial charge in [0.05, 0.1) is 11.2 Å². The van der Waals surface area contributed by atoms with E-state index < -0.39 is 0 Å². The van der Waals surface area contributed by atoms with Crippen LogP contribution in [0.15, 0.2) is 18.2 Å². The van der Waals surface area contributed by atoms with Crippen molar-refractivity contribution in [2.24, 2.45) is 5.73 Å². The molecule has 3 heteroatoms. The first kappa shape index (κ1) is 10.2. The molecule has 0 radical (unpaired) electrons. The fourth-order valence-electron chi connectivity index (χ4n) is 1.98. The largest absolute Gasteiger partial charge is 0.323 e. The molecule has 0 bridgehead atoms. The normalized spacial score (nSPS) is 13.3. The minimum Gasteiger partial charge on any atom is -0.323 e. The third-order valence-corrected chi connectivity index (χ3v) is 2.70. The van der Waals surface area contributed by atoms with Crippen LogP contribution in [0.3, 0.4) is 0 Å². The third kappa shape index (κ3) is 1.53. The first-order valence-electron chi connectivity index (χ1n) is 5.37. The second-order valence-corrected chi connectivity index (χ2v) is 3.94. The summed E-state index contributed by atoms with van der Waals surface area (Å²) in [6.07, 6.45) is 0.929. The molecule has 2 aromatic rings. The Hall–Kier alpha value is -1.35. The Kier molecular flexibility index (Phi) is 2.49. The Morgan fingerprint density at radius 2 is 2.20 bits per heavy atom. The number of aromatic nitrogens is 2. The van der Waals surface area contributed by atoms with Crippen LogP contribution in [0.1, 0.15) is 37.1 Å². The maximum Gasteiger partial charge on any atom is 0.113 e. The van der Waals surface area contributed by atoms with Crippen LogP contribution in [-0.2, 0) is 6.42 Å². The Balaban J connectivity index is 2.81. The van der Waals surface area contributed by atoms with Crippen LogP contribution in [-0.4, -0.2) is 9.38 Å². The summed E-state index contributed by atoms with van der Waals surface area (Å²) in [7, 11) is 0. The summed E-state index contributed by atoms with van der Waals surface area (Å²) in [5.74, 6) is 1.09. The molecule has 2 aromatic heterocycles. The van der Waals surface area contributed by atoms with Crippen molar-refractivity contribution in [3.63, 3.8) is 0 Å². The van der Waals surface area contributed by atoms with E-state index in [0.717, 1.165) is 23.5 Å². The number of nitrogens with two attached hydrogens (primary N) is 1. The standard InChI is InChI=1S/C12H17N3/c1-4-11-14-12(9(3)13)10-7-5-6-8(2)15(10)11/h5-7,9H,4,13H2,1-3H3. The van der Waals surface area contributed by atoms with Gasteiger partial charge in [-0.1, -0.05) is 13.0 Å². The van der Waals surface area contributed by atoms with Crippen LogP contribution in [0.5, 0.6) is 0 Å². The highest BCUT2D eigenvalue weighted by atomic mass is 15.0. The van der Waals surface area contributed by atoms with Gasteiger partial charge in [0.2, 0.25) is 0 Å². The van der Waals surface area contributed by atoms with Crippen molar-refractivity contribution in [1.82, 2.24) is 9.38 Å². The molecular formula is C12H17N3. The van der Waals surface area contributed by atoms with Crippen molar-refractivity contribution in [3.8, 4) is 0 Å². The molecule has 1 atom stereocenters. The highest BCUT2D eigenvalue weighted by Gasteiger charge is 2.13. The number of imidazole rings is 1. The summed E-state index contributed by atoms with van der Waals surface area (Å²) < 4.78 is 2.19. The summed E-state index contributed by atoms with van der Waals surface area (Å²) in [6.45, 7) is 6.19. The van der Waals surface area contributed by atoms with Crippen molar-refractivity contribution in [2.45, 2.75) is 33.2 Å². The molecule has 15 heavy (non-hydrogen) atoms. The van der Waals surface area contributed by atoms with Crippen molar-refractivity contribution in [2.75, 3.05) is 0 Å². The zero-order chi connectivity index (χ0) is 11.0. The Bertz CT molecular complexity index is 483. The number of hydrogen-bond donors (Lipinski definition) is 1. The van der Waals surface area contributed by atoms with Crippen molar-refractivity contribution < 1.29 is 0 Å². The van der Waals surface area contributed by atoms with Gasteiger partial charge in [-0.3, -0.25) is 0 Å². The Morgan fingerprint density at radius 1 is 1.47 bits per heavy atom. The highest BCUT2D eigenvalue weighted by molar-refractivity contribution is 5.55. The quantitative estimate of drug-likeness (QED) is 0.813. The zero-order valence-corrected chi connectivity index (χ0v) is 9.49. The predicted molar refractivity (Wildman–Crippen MR) is 61.9 cm³/mol. The van der Waals surface area contributed by atoms with Crippen LogP contribution in [0, 0.1) is 6.92 Å². The van der Waals surface area contributed by atoms with E-state index in [2.05, 4.69) is 41.4 Å². The molecule has 0 aliphatic heterocycles. The van der Waals surface area contributed by atoms with Crippen LogP contribution in [0.4, 0.5) is 0 Å². The molecule has 0 aliphatic carbocycles. The Labute approximate surface area is 89.9 Å². The first-order chi connectivity index (χ1) is 7.15. The van der Waals surface area contributed by atoms with Crippen LogP contribution < -0.4 is 5.73 Å². The van der Waals surface area contributed by atoms with Gasteiger partial charge in [-0.15, -0.1) is 0 Å². The van der Waals surface area contributed by atoms with Crippen LogP contribution >= 0.6 is 0 Å². The maximum absolute atomic E-state index is 5.92. The van der Waals surface area contributed by atoms with Gasteiger partial charge < -0.3 is 10.1 Å². The minimum atomic E-state index is -0.0119. The lowest BCUT2D eigenvalue weighted by atomic mass is 10.2. The number of pyridine rings is 1. The van der Waals surface area contributed by atoms with E-state index in [0.29, 0.717) is 0 Å². The summed E-state index contributed by atoms with van der Waals surface area (Å²) in [6, 6.07) is 6.22. The lowest BCUT2D eigenvalue weighted by Gasteiger charge is -2.04. The van der Waals surface area contributed by atoms with Gasteiger partial charge in [0.1, 0.15) is 5.82 Å². The van der Waals surface area contributed by atoms with Crippen molar-refractivity contribution in [1.29, 1.82) is 0 Å². The molecule has 0 aromatic carbocycles. The molecule has 0 aliphatic rings. The van der Waals surface area contributed by atoms with Gasteiger partial charge in [0.15, 0.2) is 0 Å². The average molecular weight is 203 g/mol. The second-order valence-electron chi connectivity index (χ2n) is 3.94. The summed E-state index contributed by atoms with van der Waals surface area (Å²) >= 11 is 0. The SMILES string of the molecule is CCc1nc(C(C)N)c2cccc(C)n12. The molecule has 0 spiro atoms. The van der Waals surface area contributed by atoms with Crippen LogP contribution in [0.25, 0.3) is 5.52 Å². The monoisotopic (exact) mass is 203 g/mol. The number of fused-ring (bicyclic) bond motifs is 1. The number of nitrogens with zero attached hydrogens (tertiary/aromatic N) is 2. The van der Waals surface area contributed by atoms with Crippen molar-refractivity contribution in [3.05, 3.63) is 35.4 Å². The van der Waals surface area contributed by atoms with E-state index in [9.17, 15) is 0 Å². The van der Waals surface area contributed by atoms with Gasteiger partial charge in [0, 0.05) is 18.2 Å². The predicted octanol–water partition coefficient (Wildman–Crippen LogP) is 2.22. The number of hydrogen-bond acceptors (Lipinski definition) is 2. The molecule has 0 saturated carbocycles. The Morgan fingerprint density at radius 3 is 2.80 bits per heavy atom. The van der Waals surface area contributed by atoms with E-state index in [4.69, 9.17) is 5.73 Å². The van der Waals surface area contributed by atoms with E-state index in [-0.39, 0.29) is 6.04 Å². The minimum absolute atomic E-state index is 0.0119. The zero-order valence-electron chi connectivity index (χ0n) is 9.49. The van der Waals surface area contributed by atoms with E-state index in [1.165, 1.54) is 5.69 Å². The van der Waals surface area contributed by atoms with Crippen molar-refractivity contribution >= 4 is 5.52 Å². The third-order valence-electron chi connectivity index (χ3n) is 2.70. The molecule has 1 unspecified atom stereocenters. The van der Waals surface area contributed by atoms with Gasteiger partial charge >= 0.3 is 0 Å². The first-order valence-corrected chi connectivity index (χ1v) is 5.37. The van der Waals surface area contributed by atoms with Gasteiger partial charge in [-0.2, -0.15) is 0 Å². The summed E-state index contributed by atoms with van der Waals surface area (Å²) in [4.78, 5) is 4.61. The second kappa shape index (κ2) is 3.66. The molecular weight excluding hydrogens is 186 g/mol. The molecule has 2 heterocycles. The molecule has 80 valence electrons. The van der Waals surface area contributed by atoms with Crippen LogP contribution in [0.2, 0.25) is 0 Å². The number of rotatable bonds is 2. The average Bonchev–Trinajstić information content (AvgIpc) is 2.58. The fourth-order valence-corrected chi connectivity index (χ4v) is 1.98. The molecule has 0 saturated heterocycles. The highest BCUT2D eigenvalue weighted by Crippen LogP contribution is 2.20. The molecule has 3 nitrogen and oxygen atoms in total. The molecule has 2 rings (SSSR count). The van der Waals surface area contributed by atoms with Gasteiger partial charge in [0.25, 0.3) is 0 Å². The lowest BCUT2D eigenvalue weighted by molar-refractivity contribution is 0.787. The summed E-state index contributed by atoms with van der Waals surface area (Å²) in [5.41, 5.74) is 9.27. The maximum atomic E-state index is 5.92.